The molecular formula is C24H31NO3. The van der Waals surface area contributed by atoms with Gasteiger partial charge in [-0.15, -0.1) is 0 Å². The Balaban J connectivity index is 2.07. The lowest BCUT2D eigenvalue weighted by Crippen LogP contribution is -2.44. The van der Waals surface area contributed by atoms with Crippen molar-refractivity contribution in [2.45, 2.75) is 24.9 Å². The minimum atomic E-state index is -1.02. The second kappa shape index (κ2) is 8.80. The first-order chi connectivity index (χ1) is 13.5. The molecule has 28 heavy (non-hydrogen) atoms. The number of nitrogens with zero attached hydrogens (tertiary/aromatic N) is 1. The molecule has 0 bridgehead atoms. The molecule has 2 aromatic carbocycles. The van der Waals surface area contributed by atoms with E-state index in [1.807, 2.05) is 48.5 Å². The van der Waals surface area contributed by atoms with Crippen molar-refractivity contribution in [1.82, 2.24) is 4.90 Å². The molecular weight excluding hydrogens is 350 g/mol. The van der Waals surface area contributed by atoms with E-state index in [0.717, 1.165) is 54.0 Å². The van der Waals surface area contributed by atoms with Crippen molar-refractivity contribution in [3.8, 4) is 11.5 Å². The normalized spacial score (nSPS) is 23.8. The number of benzene rings is 2. The van der Waals surface area contributed by atoms with Crippen LogP contribution in [0.1, 0.15) is 30.4 Å². The topological polar surface area (TPSA) is 41.9 Å². The lowest BCUT2D eigenvalue weighted by Gasteiger charge is -2.44. The van der Waals surface area contributed by atoms with Crippen LogP contribution in [0.5, 0.6) is 11.5 Å². The van der Waals surface area contributed by atoms with Crippen LogP contribution < -0.4 is 9.47 Å². The minimum Gasteiger partial charge on any atom is -0.497 e. The summed E-state index contributed by atoms with van der Waals surface area (Å²) in [4.78, 5) is 2.16. The summed E-state index contributed by atoms with van der Waals surface area (Å²) in [5, 5.41) is 12.1. The van der Waals surface area contributed by atoms with Crippen molar-refractivity contribution >= 4 is 6.08 Å². The number of aliphatic hydroxyl groups is 1. The summed E-state index contributed by atoms with van der Waals surface area (Å²) >= 11 is 0. The zero-order chi connectivity index (χ0) is 20.1. The fraction of sp³-hybridized carbons (Fsp3) is 0.417. The van der Waals surface area contributed by atoms with Crippen molar-refractivity contribution < 1.29 is 14.6 Å². The quantitative estimate of drug-likeness (QED) is 0.808. The van der Waals surface area contributed by atoms with Crippen molar-refractivity contribution in [3.05, 3.63) is 65.2 Å². The summed E-state index contributed by atoms with van der Waals surface area (Å²) in [6.07, 6.45) is 5.09. The Morgan fingerprint density at radius 1 is 1.07 bits per heavy atom. The number of ether oxygens (including phenoxy) is 2. The first-order valence-electron chi connectivity index (χ1n) is 9.84. The summed E-state index contributed by atoms with van der Waals surface area (Å²) in [5.41, 5.74) is 2.02. The van der Waals surface area contributed by atoms with Crippen LogP contribution in [0.4, 0.5) is 0 Å². The van der Waals surface area contributed by atoms with Crippen molar-refractivity contribution in [2.24, 2.45) is 5.92 Å². The molecule has 4 nitrogen and oxygen atoms in total. The van der Waals surface area contributed by atoms with Crippen molar-refractivity contribution in [3.63, 3.8) is 0 Å². The highest BCUT2D eigenvalue weighted by Crippen LogP contribution is 2.47. The van der Waals surface area contributed by atoms with Crippen LogP contribution in [0.2, 0.25) is 0 Å². The van der Waals surface area contributed by atoms with E-state index in [9.17, 15) is 5.11 Å². The Morgan fingerprint density at radius 3 is 2.43 bits per heavy atom. The van der Waals surface area contributed by atoms with Crippen molar-refractivity contribution in [1.29, 1.82) is 0 Å². The molecule has 0 amide bonds. The number of methoxy groups -OCH3 is 2. The fourth-order valence-electron chi connectivity index (χ4n) is 4.23. The van der Waals surface area contributed by atoms with E-state index in [4.69, 9.17) is 9.47 Å². The minimum absolute atomic E-state index is 0.118. The molecule has 1 aliphatic carbocycles. The molecule has 1 N–H and O–H groups in total. The van der Waals surface area contributed by atoms with Gasteiger partial charge in [-0.3, -0.25) is 0 Å². The van der Waals surface area contributed by atoms with Crippen LogP contribution in [0.15, 0.2) is 54.1 Å². The van der Waals surface area contributed by atoms with E-state index in [0.29, 0.717) is 0 Å². The molecule has 1 saturated carbocycles. The van der Waals surface area contributed by atoms with Gasteiger partial charge in [-0.1, -0.05) is 30.3 Å². The van der Waals surface area contributed by atoms with Crippen LogP contribution in [0.25, 0.3) is 6.08 Å². The fourth-order valence-corrected chi connectivity index (χ4v) is 4.23. The highest BCUT2D eigenvalue weighted by molar-refractivity contribution is 5.58. The molecule has 4 heteroatoms. The van der Waals surface area contributed by atoms with Gasteiger partial charge in [0, 0.05) is 12.5 Å². The Bertz CT molecular complexity index is 813. The van der Waals surface area contributed by atoms with E-state index in [-0.39, 0.29) is 5.92 Å². The Kier molecular flexibility index (Phi) is 6.42. The Morgan fingerprint density at radius 2 is 1.79 bits per heavy atom. The number of hydrogen-bond acceptors (Lipinski definition) is 4. The third-order valence-corrected chi connectivity index (χ3v) is 5.63. The maximum atomic E-state index is 12.1. The maximum absolute atomic E-state index is 12.1. The highest BCUT2D eigenvalue weighted by Gasteiger charge is 2.44. The molecule has 0 radical (unpaired) electrons. The summed E-state index contributed by atoms with van der Waals surface area (Å²) < 4.78 is 10.7. The molecule has 0 spiro atoms. The molecule has 2 aromatic rings. The standard InChI is InChI=1S/C24H31NO3/c1-25(2)17-21-9-5-7-19(15-18-11-13-22(27-3)14-12-18)24(21,26)20-8-6-10-23(16-20)28-4/h6,8,10-16,21,26H,5,7,9,17H2,1-4H3/b19-15+. The Labute approximate surface area is 168 Å². The first kappa shape index (κ1) is 20.4. The smallest absolute Gasteiger partial charge is 0.119 e. The lowest BCUT2D eigenvalue weighted by molar-refractivity contribution is -0.0175. The van der Waals surface area contributed by atoms with Crippen LogP contribution in [-0.2, 0) is 5.60 Å². The van der Waals surface area contributed by atoms with E-state index in [1.165, 1.54) is 0 Å². The van der Waals surface area contributed by atoms with E-state index < -0.39 is 5.60 Å². The third kappa shape index (κ3) is 4.23. The van der Waals surface area contributed by atoms with Gasteiger partial charge < -0.3 is 19.5 Å². The SMILES string of the molecule is COc1ccc(/C=C2\CCCC(CN(C)C)C2(O)c2cccc(OC)c2)cc1. The molecule has 0 aromatic heterocycles. The van der Waals surface area contributed by atoms with Gasteiger partial charge in [-0.05, 0) is 74.3 Å². The number of rotatable bonds is 6. The molecule has 1 aliphatic rings. The molecule has 2 atom stereocenters. The zero-order valence-electron chi connectivity index (χ0n) is 17.3. The largest absolute Gasteiger partial charge is 0.497 e. The van der Waals surface area contributed by atoms with Gasteiger partial charge in [0.25, 0.3) is 0 Å². The predicted molar refractivity (Wildman–Crippen MR) is 114 cm³/mol. The van der Waals surface area contributed by atoms with E-state index in [1.54, 1.807) is 14.2 Å². The Hall–Kier alpha value is -2.30. The van der Waals surface area contributed by atoms with Crippen molar-refractivity contribution in [2.75, 3.05) is 34.9 Å². The first-order valence-corrected chi connectivity index (χ1v) is 9.84. The zero-order valence-corrected chi connectivity index (χ0v) is 17.3. The maximum Gasteiger partial charge on any atom is 0.119 e. The van der Waals surface area contributed by atoms with Crippen LogP contribution >= 0.6 is 0 Å². The summed E-state index contributed by atoms with van der Waals surface area (Å²) in [5.74, 6) is 1.72. The molecule has 0 saturated heterocycles. The molecule has 0 aliphatic heterocycles. The van der Waals surface area contributed by atoms with Gasteiger partial charge in [0.15, 0.2) is 0 Å². The molecule has 0 heterocycles. The molecule has 3 rings (SSSR count). The summed E-state index contributed by atoms with van der Waals surface area (Å²) in [6, 6.07) is 15.8. The molecule has 150 valence electrons. The average molecular weight is 382 g/mol. The predicted octanol–water partition coefficient (Wildman–Crippen LogP) is 4.34. The van der Waals surface area contributed by atoms with Gasteiger partial charge in [-0.2, -0.15) is 0 Å². The third-order valence-electron chi connectivity index (χ3n) is 5.63. The summed E-state index contributed by atoms with van der Waals surface area (Å²) in [7, 11) is 7.46. The van der Waals surface area contributed by atoms with Crippen LogP contribution in [0, 0.1) is 5.92 Å². The van der Waals surface area contributed by atoms with Crippen LogP contribution in [0.3, 0.4) is 0 Å². The molecule has 2 unspecified atom stereocenters. The number of hydrogen-bond donors (Lipinski definition) is 1. The second-order valence-corrected chi connectivity index (χ2v) is 7.79. The van der Waals surface area contributed by atoms with Gasteiger partial charge >= 0.3 is 0 Å². The lowest BCUT2D eigenvalue weighted by atomic mass is 9.67. The van der Waals surface area contributed by atoms with E-state index >= 15 is 0 Å². The van der Waals surface area contributed by atoms with Gasteiger partial charge in [0.05, 0.1) is 14.2 Å². The monoisotopic (exact) mass is 381 g/mol. The average Bonchev–Trinajstić information content (AvgIpc) is 2.71. The summed E-state index contributed by atoms with van der Waals surface area (Å²) in [6.45, 7) is 0.827. The van der Waals surface area contributed by atoms with Gasteiger partial charge in [-0.25, -0.2) is 0 Å². The highest BCUT2D eigenvalue weighted by atomic mass is 16.5. The molecule has 1 fully saturated rings. The van der Waals surface area contributed by atoms with Crippen LogP contribution in [-0.4, -0.2) is 44.9 Å². The van der Waals surface area contributed by atoms with Gasteiger partial charge in [0.2, 0.25) is 0 Å². The second-order valence-electron chi connectivity index (χ2n) is 7.79. The van der Waals surface area contributed by atoms with E-state index in [2.05, 4.69) is 25.1 Å². The van der Waals surface area contributed by atoms with Gasteiger partial charge in [0.1, 0.15) is 17.1 Å².